The van der Waals surface area contributed by atoms with E-state index in [0.717, 1.165) is 17.3 Å². The van der Waals surface area contributed by atoms with Gasteiger partial charge in [0.25, 0.3) is 0 Å². The van der Waals surface area contributed by atoms with Crippen LogP contribution in [0.15, 0.2) is 11.6 Å². The lowest BCUT2D eigenvalue weighted by Gasteiger charge is -2.63. The number of carbonyl (C=O) groups excluding carboxylic acids is 2. The maximum absolute atomic E-state index is 17.1. The van der Waals surface area contributed by atoms with E-state index in [1.807, 2.05) is 20.8 Å². The molecule has 4 rings (SSSR count). The number of ether oxygens (including phenoxy) is 1. The zero-order chi connectivity index (χ0) is 23.5. The summed E-state index contributed by atoms with van der Waals surface area (Å²) in [5.74, 6) is -1.00. The van der Waals surface area contributed by atoms with Crippen LogP contribution in [0.25, 0.3) is 0 Å². The molecule has 0 aromatic rings. The van der Waals surface area contributed by atoms with Gasteiger partial charge in [0.05, 0.1) is 18.5 Å². The fourth-order valence-corrected chi connectivity index (χ4v) is 8.42. The van der Waals surface area contributed by atoms with Crippen molar-refractivity contribution in [2.24, 2.45) is 22.7 Å². The summed E-state index contributed by atoms with van der Waals surface area (Å²) in [4.78, 5) is 25.2. The maximum Gasteiger partial charge on any atom is 0.220 e. The summed E-state index contributed by atoms with van der Waals surface area (Å²) in [7, 11) is 0. The van der Waals surface area contributed by atoms with E-state index in [0.29, 0.717) is 32.3 Å². The Hall–Kier alpha value is -0.830. The quantitative estimate of drug-likeness (QED) is 0.585. The Labute approximate surface area is 198 Å². The monoisotopic (exact) mass is 484 g/mol. The van der Waals surface area contributed by atoms with Crippen LogP contribution in [0.5, 0.6) is 0 Å². The van der Waals surface area contributed by atoms with Crippen molar-refractivity contribution in [1.82, 2.24) is 0 Å². The van der Waals surface area contributed by atoms with Crippen LogP contribution in [0.1, 0.15) is 65.7 Å². The number of carbonyl (C=O) groups is 2. The summed E-state index contributed by atoms with van der Waals surface area (Å²) in [6.45, 7) is 5.91. The van der Waals surface area contributed by atoms with Crippen LogP contribution in [0.3, 0.4) is 0 Å². The highest BCUT2D eigenvalue weighted by Crippen LogP contribution is 2.70. The third-order valence-electron chi connectivity index (χ3n) is 9.24. The number of thiocarbonyl (C=S) groups is 1. The molecule has 5 nitrogen and oxygen atoms in total. The Balaban J connectivity index is 1.64. The van der Waals surface area contributed by atoms with Crippen LogP contribution in [-0.4, -0.2) is 55.9 Å². The first-order valence-corrected chi connectivity index (χ1v) is 13.0. The molecule has 0 aromatic heterocycles. The van der Waals surface area contributed by atoms with Gasteiger partial charge in [0.15, 0.2) is 11.6 Å². The second-order valence-electron chi connectivity index (χ2n) is 10.4. The third kappa shape index (κ3) is 3.19. The number of halogens is 1. The number of hydrogen-bond acceptors (Lipinski definition) is 7. The van der Waals surface area contributed by atoms with Crippen molar-refractivity contribution in [3.63, 3.8) is 0 Å². The molecule has 3 saturated carbocycles. The van der Waals surface area contributed by atoms with Crippen molar-refractivity contribution in [3.05, 3.63) is 11.6 Å². The normalized spacial score (nSPS) is 45.4. The van der Waals surface area contributed by atoms with Crippen molar-refractivity contribution < 1.29 is 28.9 Å². The van der Waals surface area contributed by atoms with E-state index in [2.05, 4.69) is 0 Å². The summed E-state index contributed by atoms with van der Waals surface area (Å²) < 4.78 is 22.5. The average Bonchev–Trinajstić information content (AvgIpc) is 3.00. The largest absolute Gasteiger partial charge is 0.479 e. The first-order valence-electron chi connectivity index (χ1n) is 11.6. The van der Waals surface area contributed by atoms with Gasteiger partial charge < -0.3 is 14.9 Å². The van der Waals surface area contributed by atoms with E-state index in [1.54, 1.807) is 6.08 Å². The fourth-order valence-electron chi connectivity index (χ4n) is 7.44. The number of aliphatic hydroxyl groups is 2. The van der Waals surface area contributed by atoms with Gasteiger partial charge in [-0.25, -0.2) is 4.39 Å². The summed E-state index contributed by atoms with van der Waals surface area (Å²) in [5.41, 5.74) is -4.51. The molecule has 178 valence electrons. The number of aliphatic hydroxyl groups excluding tert-OH is 1. The Morgan fingerprint density at radius 3 is 2.69 bits per heavy atom. The smallest absolute Gasteiger partial charge is 0.220 e. The Morgan fingerprint density at radius 1 is 1.28 bits per heavy atom. The number of rotatable bonds is 4. The summed E-state index contributed by atoms with van der Waals surface area (Å²) >= 11 is 6.19. The van der Waals surface area contributed by atoms with Crippen LogP contribution >= 0.6 is 24.0 Å². The molecule has 4 aliphatic carbocycles. The van der Waals surface area contributed by atoms with Crippen LogP contribution in [0, 0.1) is 22.7 Å². The first kappa shape index (κ1) is 24.3. The molecule has 2 N–H and O–H groups in total. The minimum absolute atomic E-state index is 0.00805. The number of Topliss-reactive ketones (excluding diaryl/α,β-unsaturated/α-hetero) is 1. The van der Waals surface area contributed by atoms with Crippen molar-refractivity contribution in [1.29, 1.82) is 0 Å². The van der Waals surface area contributed by atoms with Gasteiger partial charge in [-0.05, 0) is 69.7 Å². The average molecular weight is 485 g/mol. The number of allylic oxidation sites excluding steroid dienone is 1. The van der Waals surface area contributed by atoms with Gasteiger partial charge >= 0.3 is 0 Å². The van der Waals surface area contributed by atoms with Gasteiger partial charge in [-0.2, -0.15) is 0 Å². The number of ketones is 2. The number of hydrogen-bond donors (Lipinski definition) is 2. The van der Waals surface area contributed by atoms with Gasteiger partial charge in [0.1, 0.15) is 11.3 Å². The van der Waals surface area contributed by atoms with Gasteiger partial charge in [-0.15, -0.1) is 0 Å². The SMILES string of the molecule is CCOC(=S)SCC(=O)[C@]1(O)CCC2[C@@H]3CCC4=CC(=O)CC[C@@]4(C)[C@]3(F)[C@@H](O)C[C@@]21C. The topological polar surface area (TPSA) is 83.8 Å². The first-order chi connectivity index (χ1) is 14.9. The molecule has 7 atom stereocenters. The predicted molar refractivity (Wildman–Crippen MR) is 125 cm³/mol. The van der Waals surface area contributed by atoms with Crippen LogP contribution in [0.4, 0.5) is 4.39 Å². The molecule has 0 aliphatic heterocycles. The molecule has 0 radical (unpaired) electrons. The molecule has 32 heavy (non-hydrogen) atoms. The summed E-state index contributed by atoms with van der Waals surface area (Å²) in [6, 6.07) is 0. The fraction of sp³-hybridized carbons (Fsp3) is 0.792. The van der Waals surface area contributed by atoms with Gasteiger partial charge in [-0.3, -0.25) is 9.59 Å². The zero-order valence-electron chi connectivity index (χ0n) is 19.0. The maximum atomic E-state index is 17.1. The lowest BCUT2D eigenvalue weighted by molar-refractivity contribution is -0.225. The molecule has 3 fully saturated rings. The van der Waals surface area contributed by atoms with Crippen molar-refractivity contribution >= 4 is 39.9 Å². The van der Waals surface area contributed by atoms with Crippen molar-refractivity contribution in [2.45, 2.75) is 83.1 Å². The Morgan fingerprint density at radius 2 is 2.00 bits per heavy atom. The molecule has 0 bridgehead atoms. The molecule has 0 spiro atoms. The van der Waals surface area contributed by atoms with Gasteiger partial charge in [-0.1, -0.05) is 31.2 Å². The highest BCUT2D eigenvalue weighted by Gasteiger charge is 2.74. The highest BCUT2D eigenvalue weighted by molar-refractivity contribution is 8.23. The number of thioether (sulfide) groups is 1. The molecular formula is C24H33FO5S2. The molecular weight excluding hydrogens is 451 g/mol. The molecule has 0 heterocycles. The molecule has 0 aromatic carbocycles. The number of alkyl halides is 1. The van der Waals surface area contributed by atoms with Crippen molar-refractivity contribution in [3.8, 4) is 0 Å². The van der Waals surface area contributed by atoms with E-state index in [-0.39, 0.29) is 46.9 Å². The van der Waals surface area contributed by atoms with Crippen LogP contribution in [-0.2, 0) is 14.3 Å². The lowest BCUT2D eigenvalue weighted by Crippen LogP contribution is -2.69. The molecule has 0 amide bonds. The van der Waals surface area contributed by atoms with Gasteiger partial charge in [0.2, 0.25) is 4.38 Å². The lowest BCUT2D eigenvalue weighted by atomic mass is 9.44. The second kappa shape index (κ2) is 8.14. The molecule has 8 heteroatoms. The highest BCUT2D eigenvalue weighted by atomic mass is 32.2. The van der Waals surface area contributed by atoms with E-state index >= 15 is 4.39 Å². The standard InChI is InChI=1S/C24H33FO5S2/c1-4-30-20(31)32-13-19(28)23(29)10-8-16-17-6-5-14-11-15(26)7-9-21(14,2)24(17,25)18(27)12-22(16,23)3/h11,16-18,27,29H,4-10,12-13H2,1-3H3/t16?,17-,18-,21+,22-,23+,24+/m0/s1. The molecule has 4 aliphatic rings. The minimum Gasteiger partial charge on any atom is -0.479 e. The zero-order valence-corrected chi connectivity index (χ0v) is 20.6. The number of fused-ring (bicyclic) bond motifs is 5. The third-order valence-corrected chi connectivity index (χ3v) is 10.5. The van der Waals surface area contributed by atoms with Gasteiger partial charge in [0, 0.05) is 23.2 Å². The second-order valence-corrected chi connectivity index (χ2v) is 12.0. The Kier molecular flexibility index (Phi) is 6.18. The van der Waals surface area contributed by atoms with E-state index in [4.69, 9.17) is 17.0 Å². The summed E-state index contributed by atoms with van der Waals surface area (Å²) in [6.07, 6.45) is 2.89. The molecule has 0 saturated heterocycles. The Bertz CT molecular complexity index is 876. The van der Waals surface area contributed by atoms with E-state index < -0.39 is 34.1 Å². The molecule has 1 unspecified atom stereocenters. The van der Waals surface area contributed by atoms with E-state index in [1.165, 1.54) is 0 Å². The van der Waals surface area contributed by atoms with Crippen LogP contribution < -0.4 is 0 Å². The predicted octanol–water partition coefficient (Wildman–Crippen LogP) is 3.94. The van der Waals surface area contributed by atoms with E-state index in [9.17, 15) is 19.8 Å². The minimum atomic E-state index is -1.87. The van der Waals surface area contributed by atoms with Crippen molar-refractivity contribution in [2.75, 3.05) is 12.4 Å². The summed E-state index contributed by atoms with van der Waals surface area (Å²) in [5, 5.41) is 22.9. The van der Waals surface area contributed by atoms with Crippen LogP contribution in [0.2, 0.25) is 0 Å².